The molecule has 0 aliphatic heterocycles. The number of fused-ring (bicyclic) bond motifs is 2. The molecule has 0 radical (unpaired) electrons. The van der Waals surface area contributed by atoms with Crippen molar-refractivity contribution in [2.45, 2.75) is 14.0 Å². The number of halogens is 1. The molecule has 0 bridgehead atoms. The predicted molar refractivity (Wildman–Crippen MR) is 132 cm³/mol. The molecule has 0 fully saturated rings. The van der Waals surface area contributed by atoms with Gasteiger partial charge in [0.2, 0.25) is 0 Å². The molecule has 0 aliphatic rings. The Labute approximate surface area is 197 Å². The average Bonchev–Trinajstić information content (AvgIpc) is 3.24. The van der Waals surface area contributed by atoms with Crippen LogP contribution in [0.15, 0.2) is 93.0 Å². The van der Waals surface area contributed by atoms with Crippen molar-refractivity contribution < 1.29 is 13.5 Å². The Balaban J connectivity index is 1.64. The summed E-state index contributed by atoms with van der Waals surface area (Å²) >= 11 is 8.25. The number of aromatic nitrogens is 1. The molecule has 0 spiro atoms. The summed E-state index contributed by atoms with van der Waals surface area (Å²) in [5.41, 5.74) is 1.18. The monoisotopic (exact) mass is 498 g/mol. The predicted octanol–water partition coefficient (Wildman–Crippen LogP) is 6.76. The van der Waals surface area contributed by atoms with Crippen molar-refractivity contribution >= 4 is 72.1 Å². The molecule has 2 aromatic heterocycles. The Morgan fingerprint density at radius 2 is 1.72 bits per heavy atom. The number of anilines is 1. The van der Waals surface area contributed by atoms with Crippen LogP contribution in [0.25, 0.3) is 21.7 Å². The fourth-order valence-electron chi connectivity index (χ4n) is 3.41. The maximum absolute atomic E-state index is 12.9. The summed E-state index contributed by atoms with van der Waals surface area (Å²) in [5.74, 6) is 0.0839. The van der Waals surface area contributed by atoms with Gasteiger partial charge in [0.25, 0.3) is 10.0 Å². The second-order valence-corrected chi connectivity index (χ2v) is 11.6. The van der Waals surface area contributed by atoms with Gasteiger partial charge in [-0.05, 0) is 30.3 Å². The molecule has 0 atom stereocenters. The number of phenolic OH excluding ortho intramolecular Hbond substituents is 1. The van der Waals surface area contributed by atoms with Gasteiger partial charge in [0.05, 0.1) is 20.4 Å². The van der Waals surface area contributed by atoms with Gasteiger partial charge >= 0.3 is 0 Å². The fourth-order valence-corrected chi connectivity index (χ4v) is 7.00. The minimum atomic E-state index is -3.84. The largest absolute Gasteiger partial charge is 0.506 e. The van der Waals surface area contributed by atoms with Crippen LogP contribution in [0, 0.1) is 0 Å². The number of nitrogens with zero attached hydrogens (tertiary/aromatic N) is 1. The normalized spacial score (nSPS) is 11.8. The van der Waals surface area contributed by atoms with E-state index in [1.807, 2.05) is 30.3 Å². The molecule has 9 heteroatoms. The van der Waals surface area contributed by atoms with Gasteiger partial charge < -0.3 is 5.11 Å². The van der Waals surface area contributed by atoms with Crippen molar-refractivity contribution in [3.05, 3.63) is 83.3 Å². The first-order valence-electron chi connectivity index (χ1n) is 9.47. The summed E-state index contributed by atoms with van der Waals surface area (Å²) in [6.45, 7) is 0. The number of thiophene rings is 1. The molecule has 5 rings (SSSR count). The van der Waals surface area contributed by atoms with E-state index in [0.29, 0.717) is 25.7 Å². The van der Waals surface area contributed by atoms with Crippen LogP contribution in [0.4, 0.5) is 5.69 Å². The molecule has 160 valence electrons. The first kappa shape index (κ1) is 21.1. The number of hydrogen-bond acceptors (Lipinski definition) is 6. The van der Waals surface area contributed by atoms with E-state index in [-0.39, 0.29) is 9.96 Å². The van der Waals surface area contributed by atoms with Gasteiger partial charge in [-0.15, -0.1) is 11.3 Å². The first-order valence-corrected chi connectivity index (χ1v) is 13.0. The molecule has 0 amide bonds. The molecule has 32 heavy (non-hydrogen) atoms. The molecule has 0 saturated carbocycles. The summed E-state index contributed by atoms with van der Waals surface area (Å²) in [6.07, 6.45) is 1.72. The SMILES string of the molecule is O=S(=O)(Nc1cc(Sc2cccc3cccnc23)c(O)c2ccccc12)c1ccc(Cl)s1. The second kappa shape index (κ2) is 8.29. The van der Waals surface area contributed by atoms with Crippen molar-refractivity contribution in [1.82, 2.24) is 4.98 Å². The highest BCUT2D eigenvalue weighted by Crippen LogP contribution is 2.44. The van der Waals surface area contributed by atoms with Crippen molar-refractivity contribution in [3.8, 4) is 5.75 Å². The van der Waals surface area contributed by atoms with Gasteiger partial charge in [-0.25, -0.2) is 8.42 Å². The van der Waals surface area contributed by atoms with Crippen LogP contribution in [-0.4, -0.2) is 18.5 Å². The van der Waals surface area contributed by atoms with Crippen LogP contribution in [0.1, 0.15) is 0 Å². The molecular weight excluding hydrogens is 484 g/mol. The van der Waals surface area contributed by atoms with Crippen LogP contribution in [0.5, 0.6) is 5.75 Å². The van der Waals surface area contributed by atoms with Gasteiger partial charge in [0.15, 0.2) is 0 Å². The highest BCUT2D eigenvalue weighted by atomic mass is 35.5. The summed E-state index contributed by atoms with van der Waals surface area (Å²) in [5, 5.41) is 13.1. The zero-order chi connectivity index (χ0) is 22.3. The van der Waals surface area contributed by atoms with E-state index < -0.39 is 10.0 Å². The van der Waals surface area contributed by atoms with Gasteiger partial charge in [-0.1, -0.05) is 65.8 Å². The van der Waals surface area contributed by atoms with Crippen LogP contribution < -0.4 is 4.72 Å². The van der Waals surface area contributed by atoms with Gasteiger partial charge in [0, 0.05) is 27.3 Å². The zero-order valence-electron chi connectivity index (χ0n) is 16.3. The molecule has 5 aromatic rings. The van der Waals surface area contributed by atoms with E-state index in [1.54, 1.807) is 42.6 Å². The molecule has 2 heterocycles. The third kappa shape index (κ3) is 3.91. The number of rotatable bonds is 5. The Morgan fingerprint density at radius 1 is 0.938 bits per heavy atom. The number of aromatic hydroxyl groups is 1. The van der Waals surface area contributed by atoms with E-state index in [1.165, 1.54) is 17.8 Å². The lowest BCUT2D eigenvalue weighted by molar-refractivity contribution is 0.469. The summed E-state index contributed by atoms with van der Waals surface area (Å²) < 4.78 is 29.1. The zero-order valence-corrected chi connectivity index (χ0v) is 19.5. The number of hydrogen-bond donors (Lipinski definition) is 2. The smallest absolute Gasteiger partial charge is 0.271 e. The average molecular weight is 499 g/mol. The van der Waals surface area contributed by atoms with E-state index in [0.717, 1.165) is 27.1 Å². The van der Waals surface area contributed by atoms with Crippen LogP contribution in [0.3, 0.4) is 0 Å². The minimum absolute atomic E-state index is 0.0839. The molecule has 0 unspecified atom stereocenters. The lowest BCUT2D eigenvalue weighted by Gasteiger charge is -2.15. The van der Waals surface area contributed by atoms with Gasteiger partial charge in [-0.3, -0.25) is 9.71 Å². The maximum atomic E-state index is 12.9. The van der Waals surface area contributed by atoms with Crippen LogP contribution in [-0.2, 0) is 10.0 Å². The highest BCUT2D eigenvalue weighted by Gasteiger charge is 2.21. The summed E-state index contributed by atoms with van der Waals surface area (Å²) in [4.78, 5) is 5.84. The maximum Gasteiger partial charge on any atom is 0.271 e. The second-order valence-electron chi connectivity index (χ2n) is 6.91. The number of nitrogens with one attached hydrogen (secondary N) is 1. The van der Waals surface area contributed by atoms with Crippen molar-refractivity contribution in [2.24, 2.45) is 0 Å². The summed E-state index contributed by atoms with van der Waals surface area (Å²) in [7, 11) is -3.84. The number of sulfonamides is 1. The Hall–Kier alpha value is -2.78. The number of pyridine rings is 1. The van der Waals surface area contributed by atoms with Crippen molar-refractivity contribution in [3.63, 3.8) is 0 Å². The van der Waals surface area contributed by atoms with Crippen molar-refractivity contribution in [2.75, 3.05) is 4.72 Å². The van der Waals surface area contributed by atoms with E-state index in [4.69, 9.17) is 11.6 Å². The molecule has 0 aliphatic carbocycles. The van der Waals surface area contributed by atoms with Gasteiger partial charge in [-0.2, -0.15) is 0 Å². The fraction of sp³-hybridized carbons (Fsp3) is 0. The molecule has 5 nitrogen and oxygen atoms in total. The van der Waals surface area contributed by atoms with Gasteiger partial charge in [0.1, 0.15) is 9.96 Å². The topological polar surface area (TPSA) is 79.3 Å². The van der Waals surface area contributed by atoms with Crippen LogP contribution in [0.2, 0.25) is 4.34 Å². The lowest BCUT2D eigenvalue weighted by Crippen LogP contribution is -2.11. The minimum Gasteiger partial charge on any atom is -0.506 e. The third-order valence-electron chi connectivity index (χ3n) is 4.85. The summed E-state index contributed by atoms with van der Waals surface area (Å²) in [6, 6.07) is 21.4. The Bertz CT molecular complexity index is 1580. The molecule has 0 saturated heterocycles. The standard InChI is InChI=1S/C23H15ClN2O3S3/c24-20-10-11-21(31-20)32(28,29)26-17-13-19(23(27)16-8-2-1-7-15(16)17)30-18-9-3-5-14-6-4-12-25-22(14)18/h1-13,26-27H. The number of phenols is 1. The quantitative estimate of drug-likeness (QED) is 0.262. The Kier molecular flexibility index (Phi) is 5.46. The van der Waals surface area contributed by atoms with E-state index in [2.05, 4.69) is 9.71 Å². The van der Waals surface area contributed by atoms with E-state index in [9.17, 15) is 13.5 Å². The number of para-hydroxylation sites is 1. The molecule has 2 N–H and O–H groups in total. The number of benzene rings is 3. The molecular formula is C23H15ClN2O3S3. The highest BCUT2D eigenvalue weighted by molar-refractivity contribution is 7.99. The van der Waals surface area contributed by atoms with Crippen LogP contribution >= 0.6 is 34.7 Å². The van der Waals surface area contributed by atoms with E-state index >= 15 is 0 Å². The third-order valence-corrected chi connectivity index (χ3v) is 9.02. The van der Waals surface area contributed by atoms with Crippen molar-refractivity contribution in [1.29, 1.82) is 0 Å². The lowest BCUT2D eigenvalue weighted by atomic mass is 10.1. The molecule has 3 aromatic carbocycles. The first-order chi connectivity index (χ1) is 15.4. The Morgan fingerprint density at radius 3 is 2.50 bits per heavy atom.